The summed E-state index contributed by atoms with van der Waals surface area (Å²) < 4.78 is 38.2. The predicted molar refractivity (Wildman–Crippen MR) is 118 cm³/mol. The third-order valence-corrected chi connectivity index (χ3v) is 5.74. The van der Waals surface area contributed by atoms with Crippen molar-refractivity contribution in [3.8, 4) is 5.75 Å². The molecule has 12 heteroatoms. The molecule has 1 aliphatic heterocycles. The molecule has 0 spiro atoms. The first-order chi connectivity index (χ1) is 15.5. The number of hydrogen-bond acceptors (Lipinski definition) is 10. The topological polar surface area (TPSA) is 116 Å². The number of methoxy groups -OCH3 is 1. The van der Waals surface area contributed by atoms with E-state index in [9.17, 15) is 18.4 Å². The number of nitrogens with zero attached hydrogens (tertiary/aromatic N) is 2. The van der Waals surface area contributed by atoms with Crippen LogP contribution >= 0.6 is 11.3 Å². The number of nitrogens with one attached hydrogen (secondary N) is 1. The van der Waals surface area contributed by atoms with Gasteiger partial charge in [0.05, 0.1) is 7.11 Å². The molecule has 1 aliphatic rings. The number of nitrogen functional groups attached to an aromatic ring is 1. The van der Waals surface area contributed by atoms with Crippen molar-refractivity contribution in [2.75, 3.05) is 31.2 Å². The average molecular weight is 485 g/mol. The molecule has 9 nitrogen and oxygen atoms in total. The number of carbonyl (C=O) groups is 2. The molecule has 180 valence electrons. The Labute approximate surface area is 193 Å². The first-order valence-corrected chi connectivity index (χ1v) is 11.1. The van der Waals surface area contributed by atoms with Crippen molar-refractivity contribution in [2.24, 2.45) is 0 Å². The zero-order valence-electron chi connectivity index (χ0n) is 18.7. The summed E-state index contributed by atoms with van der Waals surface area (Å²) in [6.45, 7) is 6.19. The SMILES string of the molecule is COc1ccc(F)c(F)c1C(=O)c1sc(NC2CCN(OC(=O)OC(C)(C)C)CC2)nc1N. The Morgan fingerprint density at radius 2 is 1.91 bits per heavy atom. The largest absolute Gasteiger partial charge is 0.528 e. The molecule has 0 saturated carbocycles. The molecule has 2 aromatic rings. The van der Waals surface area contributed by atoms with Crippen LogP contribution < -0.4 is 15.8 Å². The van der Waals surface area contributed by atoms with Gasteiger partial charge in [0.25, 0.3) is 0 Å². The molecule has 1 fully saturated rings. The summed E-state index contributed by atoms with van der Waals surface area (Å²) in [7, 11) is 1.26. The van der Waals surface area contributed by atoms with Gasteiger partial charge in [0.15, 0.2) is 16.8 Å². The molecule has 0 bridgehead atoms. The lowest BCUT2D eigenvalue weighted by molar-refractivity contribution is -0.151. The van der Waals surface area contributed by atoms with E-state index in [4.69, 9.17) is 20.0 Å². The van der Waals surface area contributed by atoms with Crippen LogP contribution in [0.25, 0.3) is 0 Å². The third-order valence-electron chi connectivity index (χ3n) is 4.74. The number of benzene rings is 1. The van der Waals surface area contributed by atoms with E-state index in [2.05, 4.69) is 10.3 Å². The fourth-order valence-electron chi connectivity index (χ4n) is 3.22. The maximum atomic E-state index is 14.3. The van der Waals surface area contributed by atoms with Crippen molar-refractivity contribution in [3.05, 3.63) is 34.2 Å². The third kappa shape index (κ3) is 6.08. The molecule has 1 saturated heterocycles. The number of hydroxylamine groups is 2. The number of hydrogen-bond donors (Lipinski definition) is 2. The summed E-state index contributed by atoms with van der Waals surface area (Å²) in [6.07, 6.45) is 0.486. The molecule has 0 atom stereocenters. The molecule has 0 unspecified atom stereocenters. The second-order valence-corrected chi connectivity index (χ2v) is 9.40. The van der Waals surface area contributed by atoms with Crippen LogP contribution in [-0.4, -0.2) is 53.8 Å². The van der Waals surface area contributed by atoms with Crippen LogP contribution in [0.4, 0.5) is 24.5 Å². The minimum Gasteiger partial charge on any atom is -0.496 e. The minimum atomic E-state index is -1.31. The maximum Gasteiger partial charge on any atom is 0.528 e. The monoisotopic (exact) mass is 484 g/mol. The van der Waals surface area contributed by atoms with E-state index in [1.54, 1.807) is 20.8 Å². The fourth-order valence-corrected chi connectivity index (χ4v) is 4.13. The molecule has 33 heavy (non-hydrogen) atoms. The summed E-state index contributed by atoms with van der Waals surface area (Å²) in [6, 6.07) is 2.04. The summed E-state index contributed by atoms with van der Waals surface area (Å²) in [5.41, 5.74) is 4.71. The zero-order valence-corrected chi connectivity index (χ0v) is 19.6. The van der Waals surface area contributed by atoms with Crippen molar-refractivity contribution in [2.45, 2.75) is 45.3 Å². The summed E-state index contributed by atoms with van der Waals surface area (Å²) in [4.78, 5) is 34.0. The number of ketones is 1. The van der Waals surface area contributed by atoms with Gasteiger partial charge in [0, 0.05) is 19.1 Å². The maximum absolute atomic E-state index is 14.3. The normalized spacial score (nSPS) is 15.2. The average Bonchev–Trinajstić information content (AvgIpc) is 3.09. The van der Waals surface area contributed by atoms with Crippen molar-refractivity contribution in [1.82, 2.24) is 10.0 Å². The second kappa shape index (κ2) is 9.87. The Morgan fingerprint density at radius 3 is 2.52 bits per heavy atom. The Bertz CT molecular complexity index is 1030. The number of ether oxygens (including phenoxy) is 2. The fraction of sp³-hybridized carbons (Fsp3) is 0.476. The number of anilines is 2. The van der Waals surface area contributed by atoms with Crippen LogP contribution in [0.5, 0.6) is 5.75 Å². The molecule has 3 N–H and O–H groups in total. The van der Waals surface area contributed by atoms with Gasteiger partial charge < -0.3 is 25.4 Å². The van der Waals surface area contributed by atoms with Crippen LogP contribution in [0.15, 0.2) is 12.1 Å². The van der Waals surface area contributed by atoms with Crippen LogP contribution in [0.2, 0.25) is 0 Å². The lowest BCUT2D eigenvalue weighted by atomic mass is 10.1. The van der Waals surface area contributed by atoms with E-state index in [1.807, 2.05) is 0 Å². The number of carbonyl (C=O) groups excluding carboxylic acids is 2. The summed E-state index contributed by atoms with van der Waals surface area (Å²) >= 11 is 0.947. The highest BCUT2D eigenvalue weighted by molar-refractivity contribution is 7.18. The Hall–Kier alpha value is -2.99. The van der Waals surface area contributed by atoms with Crippen molar-refractivity contribution >= 4 is 34.2 Å². The first-order valence-electron chi connectivity index (χ1n) is 10.2. The van der Waals surface area contributed by atoms with Gasteiger partial charge in [0.2, 0.25) is 5.78 Å². The van der Waals surface area contributed by atoms with E-state index in [1.165, 1.54) is 18.2 Å². The quantitative estimate of drug-likeness (QED) is 0.464. The standard InChI is InChI=1S/C21H26F2N4O5S/c1-21(2,3)31-20(29)32-27-9-7-11(8-10-27)25-19-26-18(24)17(33-19)16(28)14-13(30-4)6-5-12(22)15(14)23/h5-6,11H,7-10,24H2,1-4H3,(H,25,26). The highest BCUT2D eigenvalue weighted by Crippen LogP contribution is 2.33. The number of aromatic nitrogens is 1. The summed E-state index contributed by atoms with van der Waals surface area (Å²) in [5.74, 6) is -3.48. The molecule has 0 radical (unpaired) electrons. The molecular weight excluding hydrogens is 458 g/mol. The van der Waals surface area contributed by atoms with E-state index < -0.39 is 34.7 Å². The van der Waals surface area contributed by atoms with Crippen molar-refractivity contribution in [1.29, 1.82) is 0 Å². The highest BCUT2D eigenvalue weighted by Gasteiger charge is 2.29. The number of nitrogens with two attached hydrogens (primary N) is 1. The van der Waals surface area contributed by atoms with E-state index in [0.717, 1.165) is 17.4 Å². The highest BCUT2D eigenvalue weighted by atomic mass is 32.1. The van der Waals surface area contributed by atoms with E-state index in [-0.39, 0.29) is 22.5 Å². The van der Waals surface area contributed by atoms with Gasteiger partial charge in [0.1, 0.15) is 27.6 Å². The van der Waals surface area contributed by atoms with Gasteiger partial charge in [-0.15, -0.1) is 5.06 Å². The van der Waals surface area contributed by atoms with Gasteiger partial charge in [-0.05, 0) is 45.7 Å². The van der Waals surface area contributed by atoms with Gasteiger partial charge in [-0.3, -0.25) is 4.79 Å². The minimum absolute atomic E-state index is 0.0163. The van der Waals surface area contributed by atoms with Gasteiger partial charge in [-0.2, -0.15) is 0 Å². The molecule has 1 aromatic carbocycles. The molecular formula is C21H26F2N4O5S. The molecule has 3 rings (SSSR count). The number of rotatable bonds is 6. The second-order valence-electron chi connectivity index (χ2n) is 8.40. The number of piperidine rings is 1. The van der Waals surface area contributed by atoms with Crippen LogP contribution in [0.3, 0.4) is 0 Å². The lowest BCUT2D eigenvalue weighted by Crippen LogP contribution is -2.41. The predicted octanol–water partition coefficient (Wildman–Crippen LogP) is 3.99. The first kappa shape index (κ1) is 24.6. The smallest absolute Gasteiger partial charge is 0.496 e. The van der Waals surface area contributed by atoms with E-state index >= 15 is 0 Å². The molecule has 1 aromatic heterocycles. The van der Waals surface area contributed by atoms with Crippen LogP contribution in [-0.2, 0) is 9.57 Å². The zero-order chi connectivity index (χ0) is 24.3. The number of thiazole rings is 1. The van der Waals surface area contributed by atoms with Crippen LogP contribution in [0.1, 0.15) is 48.8 Å². The van der Waals surface area contributed by atoms with Gasteiger partial charge >= 0.3 is 6.16 Å². The molecule has 2 heterocycles. The lowest BCUT2D eigenvalue weighted by Gasteiger charge is -2.31. The Kier molecular flexibility index (Phi) is 7.38. The Balaban J connectivity index is 1.63. The Morgan fingerprint density at radius 1 is 1.24 bits per heavy atom. The van der Waals surface area contributed by atoms with Gasteiger partial charge in [-0.25, -0.2) is 18.6 Å². The van der Waals surface area contributed by atoms with Crippen LogP contribution in [0, 0.1) is 11.6 Å². The summed E-state index contributed by atoms with van der Waals surface area (Å²) in [5, 5.41) is 5.09. The molecule has 0 amide bonds. The molecule has 0 aliphatic carbocycles. The van der Waals surface area contributed by atoms with Gasteiger partial charge in [-0.1, -0.05) is 11.3 Å². The van der Waals surface area contributed by atoms with Crippen molar-refractivity contribution in [3.63, 3.8) is 0 Å². The van der Waals surface area contributed by atoms with Crippen molar-refractivity contribution < 1.29 is 32.7 Å². The number of halogens is 2. The van der Waals surface area contributed by atoms with E-state index in [0.29, 0.717) is 31.1 Å².